The number of rotatable bonds is 1. The lowest BCUT2D eigenvalue weighted by atomic mass is 10.3. The molecule has 0 aromatic carbocycles. The van der Waals surface area contributed by atoms with Gasteiger partial charge >= 0.3 is 0 Å². The molecule has 34 valence electrons. The second-order valence-corrected chi connectivity index (χ2v) is 1.83. The van der Waals surface area contributed by atoms with Gasteiger partial charge in [-0.2, -0.15) is 5.26 Å². The molecule has 0 amide bonds. The number of halogens is 1. The van der Waals surface area contributed by atoms with Crippen molar-refractivity contribution in [2.75, 3.05) is 5.33 Å². The first-order valence-electron chi connectivity index (χ1n) is 1.77. The van der Waals surface area contributed by atoms with Crippen LogP contribution in [0.3, 0.4) is 0 Å². The zero-order chi connectivity index (χ0) is 4.99. The van der Waals surface area contributed by atoms with Gasteiger partial charge in [-0.15, -0.1) is 0 Å². The Morgan fingerprint density at radius 1 is 2.00 bits per heavy atom. The van der Waals surface area contributed by atoms with E-state index >= 15 is 0 Å². The van der Waals surface area contributed by atoms with Crippen molar-refractivity contribution in [3.63, 3.8) is 0 Å². The number of hydrogen-bond acceptors (Lipinski definition) is 1. The number of nitrogens with zero attached hydrogens (tertiary/aromatic N) is 1. The lowest BCUT2D eigenvalue weighted by Crippen LogP contribution is -1.86. The average molecular weight is 148 g/mol. The van der Waals surface area contributed by atoms with Gasteiger partial charge in [0, 0.05) is 5.33 Å². The highest BCUT2D eigenvalue weighted by molar-refractivity contribution is 9.09. The molecule has 0 fully saturated rings. The monoisotopic (exact) mass is 147 g/mol. The fourth-order valence-corrected chi connectivity index (χ4v) is 0.179. The van der Waals surface area contributed by atoms with Crippen LogP contribution < -0.4 is 0 Å². The summed E-state index contributed by atoms with van der Waals surface area (Å²) in [5, 5.41) is 8.84. The van der Waals surface area contributed by atoms with Crippen LogP contribution in [0.1, 0.15) is 6.92 Å². The molecule has 0 aromatic heterocycles. The summed E-state index contributed by atoms with van der Waals surface area (Å²) in [7, 11) is 0. The standard InChI is InChI=1S/C4H6BrN/c1-4(2-5)3-6/h4H,2H2,1H3. The Balaban J connectivity index is 3.04. The molecule has 0 spiro atoms. The smallest absolute Gasteiger partial charge is 0.0661 e. The van der Waals surface area contributed by atoms with Crippen molar-refractivity contribution in [2.45, 2.75) is 6.92 Å². The fourth-order valence-electron chi connectivity index (χ4n) is 0.0345. The van der Waals surface area contributed by atoms with Crippen LogP contribution in [0.15, 0.2) is 0 Å². The molecule has 0 aliphatic heterocycles. The molecule has 0 heterocycles. The third-order valence-corrected chi connectivity index (χ3v) is 1.42. The Bertz CT molecular complexity index is 64.4. The van der Waals surface area contributed by atoms with Crippen LogP contribution in [0.5, 0.6) is 0 Å². The lowest BCUT2D eigenvalue weighted by molar-refractivity contribution is 0.872. The number of hydrogen-bond donors (Lipinski definition) is 0. The topological polar surface area (TPSA) is 23.8 Å². The molecule has 0 saturated carbocycles. The summed E-state index contributed by atoms with van der Waals surface area (Å²) >= 11 is 3.15. The Hall–Kier alpha value is -0.0300. The molecule has 1 nitrogen and oxygen atoms in total. The average Bonchev–Trinajstić information content (AvgIpc) is 1.65. The Morgan fingerprint density at radius 3 is 2.50 bits per heavy atom. The molecule has 0 rings (SSSR count). The summed E-state index contributed by atoms with van der Waals surface area (Å²) in [4.78, 5) is 0. The van der Waals surface area contributed by atoms with Crippen molar-refractivity contribution in [3.8, 4) is 6.07 Å². The van der Waals surface area contributed by atoms with Gasteiger partial charge in [0.25, 0.3) is 0 Å². The maximum atomic E-state index is 8.05. The summed E-state index contributed by atoms with van der Waals surface area (Å²) in [5.41, 5.74) is 0. The molecule has 0 N–H and O–H groups in total. The third-order valence-electron chi connectivity index (χ3n) is 0.452. The van der Waals surface area contributed by atoms with Gasteiger partial charge in [-0.3, -0.25) is 0 Å². The van der Waals surface area contributed by atoms with Crippen LogP contribution in [0.2, 0.25) is 0 Å². The first-order valence-corrected chi connectivity index (χ1v) is 2.89. The molecule has 2 heteroatoms. The molecule has 1 unspecified atom stereocenters. The van der Waals surface area contributed by atoms with Crippen molar-refractivity contribution in [1.29, 1.82) is 5.26 Å². The normalized spacial score (nSPS) is 12.8. The van der Waals surface area contributed by atoms with Crippen molar-refractivity contribution in [2.24, 2.45) is 5.92 Å². The van der Waals surface area contributed by atoms with Crippen LogP contribution in [-0.4, -0.2) is 5.33 Å². The third kappa shape index (κ3) is 2.22. The van der Waals surface area contributed by atoms with Crippen molar-refractivity contribution in [1.82, 2.24) is 0 Å². The van der Waals surface area contributed by atoms with Crippen molar-refractivity contribution < 1.29 is 0 Å². The summed E-state index contributed by atoms with van der Waals surface area (Å²) < 4.78 is 0. The SMILES string of the molecule is CC(C#N)CBr. The van der Waals surface area contributed by atoms with Crippen LogP contribution in [-0.2, 0) is 0 Å². The van der Waals surface area contributed by atoms with E-state index in [0.717, 1.165) is 5.33 Å². The van der Waals surface area contributed by atoms with Crippen LogP contribution in [0, 0.1) is 17.2 Å². The fraction of sp³-hybridized carbons (Fsp3) is 0.750. The molecule has 0 aliphatic carbocycles. The molecule has 0 saturated heterocycles. The molecule has 0 aromatic rings. The molecule has 0 aliphatic rings. The molecular formula is C4H6BrN. The minimum absolute atomic E-state index is 0.157. The highest BCUT2D eigenvalue weighted by Crippen LogP contribution is 1.94. The molecule has 0 radical (unpaired) electrons. The summed E-state index contributed by atoms with van der Waals surface area (Å²) in [6.45, 7) is 1.87. The Labute approximate surface area is 46.1 Å². The maximum Gasteiger partial charge on any atom is 0.0661 e. The van der Waals surface area contributed by atoms with Gasteiger partial charge in [-0.25, -0.2) is 0 Å². The van der Waals surface area contributed by atoms with Gasteiger partial charge in [0.2, 0.25) is 0 Å². The zero-order valence-electron chi connectivity index (χ0n) is 3.61. The van der Waals surface area contributed by atoms with E-state index in [9.17, 15) is 0 Å². The van der Waals surface area contributed by atoms with Crippen LogP contribution in [0.25, 0.3) is 0 Å². The zero-order valence-corrected chi connectivity index (χ0v) is 5.20. The second-order valence-electron chi connectivity index (χ2n) is 1.18. The molecule has 6 heavy (non-hydrogen) atoms. The molecule has 0 bridgehead atoms. The maximum absolute atomic E-state index is 8.05. The summed E-state index contributed by atoms with van der Waals surface area (Å²) in [6, 6.07) is 2.07. The largest absolute Gasteiger partial charge is 0.198 e. The first-order chi connectivity index (χ1) is 2.81. The number of nitriles is 1. The van der Waals surface area contributed by atoms with Gasteiger partial charge in [0.1, 0.15) is 0 Å². The van der Waals surface area contributed by atoms with E-state index in [1.54, 1.807) is 0 Å². The highest BCUT2D eigenvalue weighted by atomic mass is 79.9. The van der Waals surface area contributed by atoms with Crippen LogP contribution in [0.4, 0.5) is 0 Å². The minimum atomic E-state index is 0.157. The predicted molar refractivity (Wildman–Crippen MR) is 28.6 cm³/mol. The lowest BCUT2D eigenvalue weighted by Gasteiger charge is -1.85. The summed E-state index contributed by atoms with van der Waals surface area (Å²) in [6.07, 6.45) is 0. The quantitative estimate of drug-likeness (QED) is 0.517. The minimum Gasteiger partial charge on any atom is -0.198 e. The second kappa shape index (κ2) is 3.17. The summed E-state index contributed by atoms with van der Waals surface area (Å²) in [5.74, 6) is 0.157. The Morgan fingerprint density at radius 2 is 2.50 bits per heavy atom. The molecule has 1 atom stereocenters. The van der Waals surface area contributed by atoms with Gasteiger partial charge < -0.3 is 0 Å². The highest BCUT2D eigenvalue weighted by Gasteiger charge is 1.90. The van der Waals surface area contributed by atoms with E-state index in [0.29, 0.717) is 0 Å². The van der Waals surface area contributed by atoms with Crippen molar-refractivity contribution >= 4 is 15.9 Å². The van der Waals surface area contributed by atoms with E-state index in [-0.39, 0.29) is 5.92 Å². The van der Waals surface area contributed by atoms with Gasteiger partial charge in [-0.1, -0.05) is 15.9 Å². The van der Waals surface area contributed by atoms with Crippen molar-refractivity contribution in [3.05, 3.63) is 0 Å². The predicted octanol–water partition coefficient (Wildman–Crippen LogP) is 1.54. The van der Waals surface area contributed by atoms with Gasteiger partial charge in [0.15, 0.2) is 0 Å². The van der Waals surface area contributed by atoms with Crippen LogP contribution >= 0.6 is 15.9 Å². The number of alkyl halides is 1. The molecular weight excluding hydrogens is 142 g/mol. The Kier molecular flexibility index (Phi) is 3.16. The van der Waals surface area contributed by atoms with E-state index < -0.39 is 0 Å². The van der Waals surface area contributed by atoms with E-state index in [1.807, 2.05) is 6.92 Å². The first kappa shape index (κ1) is 5.97. The van der Waals surface area contributed by atoms with E-state index in [4.69, 9.17) is 5.26 Å². The van der Waals surface area contributed by atoms with Gasteiger partial charge in [0.05, 0.1) is 12.0 Å². The van der Waals surface area contributed by atoms with E-state index in [1.165, 1.54) is 0 Å². The van der Waals surface area contributed by atoms with Gasteiger partial charge in [-0.05, 0) is 6.92 Å². The van der Waals surface area contributed by atoms with E-state index in [2.05, 4.69) is 22.0 Å².